The zero-order valence-electron chi connectivity index (χ0n) is 16.6. The number of anilines is 2. The third kappa shape index (κ3) is 5.96. The Morgan fingerprint density at radius 3 is 2.72 bits per heavy atom. The summed E-state index contributed by atoms with van der Waals surface area (Å²) < 4.78 is 62.2. The quantitative estimate of drug-likeness (QED) is 0.314. The van der Waals surface area contributed by atoms with Crippen molar-refractivity contribution in [1.29, 1.82) is 0 Å². The fraction of sp³-hybridized carbons (Fsp3) is 0.250. The van der Waals surface area contributed by atoms with Crippen LogP contribution in [0.25, 0.3) is 11.4 Å². The molecular formula is C20H17BrF4N4O3. The fourth-order valence-corrected chi connectivity index (χ4v) is 3.18. The van der Waals surface area contributed by atoms with Gasteiger partial charge in [-0.05, 0) is 37.3 Å². The Balaban J connectivity index is 1.95. The van der Waals surface area contributed by atoms with Crippen LogP contribution in [0.5, 0.6) is 5.75 Å². The van der Waals surface area contributed by atoms with Gasteiger partial charge in [0.15, 0.2) is 5.75 Å². The van der Waals surface area contributed by atoms with Gasteiger partial charge in [-0.3, -0.25) is 0 Å². The second kappa shape index (κ2) is 9.98. The number of carbonyl (C=O) groups excluding carboxylic acids is 1. The molecule has 3 rings (SSSR count). The topological polar surface area (TPSA) is 78.3 Å². The Hall–Kier alpha value is -3.15. The minimum atomic E-state index is -4.89. The number of alkyl halides is 4. The van der Waals surface area contributed by atoms with Gasteiger partial charge in [-0.2, -0.15) is 0 Å². The number of hydrogen-bond donors (Lipinski definition) is 1. The Morgan fingerprint density at radius 1 is 1.25 bits per heavy atom. The number of esters is 1. The van der Waals surface area contributed by atoms with Crippen LogP contribution in [-0.2, 0) is 11.3 Å². The van der Waals surface area contributed by atoms with Crippen molar-refractivity contribution in [2.45, 2.75) is 19.8 Å². The summed E-state index contributed by atoms with van der Waals surface area (Å²) in [6.07, 6.45) is -2.06. The van der Waals surface area contributed by atoms with E-state index in [9.17, 15) is 22.4 Å². The first-order chi connectivity index (χ1) is 15.2. The van der Waals surface area contributed by atoms with Crippen molar-refractivity contribution < 1.29 is 31.8 Å². The van der Waals surface area contributed by atoms with Gasteiger partial charge in [0.2, 0.25) is 5.95 Å². The maximum absolute atomic E-state index is 13.0. The summed E-state index contributed by atoms with van der Waals surface area (Å²) in [7, 11) is 0. The number of rotatable bonds is 8. The molecule has 0 radical (unpaired) electrons. The van der Waals surface area contributed by atoms with Crippen LogP contribution in [0, 0.1) is 0 Å². The molecule has 0 aliphatic heterocycles. The minimum absolute atomic E-state index is 0.0276. The van der Waals surface area contributed by atoms with Gasteiger partial charge in [-0.1, -0.05) is 15.9 Å². The number of nitrogens with one attached hydrogen (secondary N) is 1. The highest BCUT2D eigenvalue weighted by Crippen LogP contribution is 2.34. The van der Waals surface area contributed by atoms with E-state index in [1.807, 2.05) is 0 Å². The van der Waals surface area contributed by atoms with E-state index in [4.69, 9.17) is 4.74 Å². The van der Waals surface area contributed by atoms with E-state index in [1.54, 1.807) is 6.92 Å². The van der Waals surface area contributed by atoms with Crippen LogP contribution >= 0.6 is 15.9 Å². The van der Waals surface area contributed by atoms with Crippen molar-refractivity contribution in [1.82, 2.24) is 14.5 Å². The summed E-state index contributed by atoms with van der Waals surface area (Å²) in [5.74, 6) is -1.07. The molecule has 0 aliphatic rings. The molecule has 0 fully saturated rings. The van der Waals surface area contributed by atoms with Crippen molar-refractivity contribution in [3.05, 3.63) is 52.8 Å². The standard InChI is InChI=1S/C20H17BrF4N4O3/c1-2-31-18(30)12-9-16(29(11-12)8-6-22)14-5-7-26-19(27-14)28-15-10-13(21)3-4-17(15)32-20(23,24)25/h3-5,7,9-11H,2,6,8H2,1H3,(H,26,27,28). The second-order valence-electron chi connectivity index (χ2n) is 6.30. The fourth-order valence-electron chi connectivity index (χ4n) is 2.82. The highest BCUT2D eigenvalue weighted by atomic mass is 79.9. The van der Waals surface area contributed by atoms with Crippen LogP contribution < -0.4 is 10.1 Å². The number of halogens is 5. The van der Waals surface area contributed by atoms with Crippen LogP contribution in [-0.4, -0.2) is 40.1 Å². The number of ether oxygens (including phenoxy) is 2. The Morgan fingerprint density at radius 2 is 2.03 bits per heavy atom. The predicted octanol–water partition coefficient (Wildman–Crippen LogP) is 5.50. The molecular weight excluding hydrogens is 500 g/mol. The van der Waals surface area contributed by atoms with Crippen LogP contribution in [0.4, 0.5) is 29.2 Å². The van der Waals surface area contributed by atoms with Gasteiger partial charge < -0.3 is 19.4 Å². The Kier molecular flexibility index (Phi) is 7.33. The second-order valence-corrected chi connectivity index (χ2v) is 7.21. The van der Waals surface area contributed by atoms with E-state index in [1.165, 1.54) is 41.2 Å². The van der Waals surface area contributed by atoms with Crippen LogP contribution in [0.2, 0.25) is 0 Å². The van der Waals surface area contributed by atoms with E-state index < -0.39 is 24.8 Å². The molecule has 0 bridgehead atoms. The zero-order chi connectivity index (χ0) is 23.3. The van der Waals surface area contributed by atoms with Gasteiger partial charge in [0.25, 0.3) is 0 Å². The maximum atomic E-state index is 13.0. The lowest BCUT2D eigenvalue weighted by atomic mass is 10.2. The van der Waals surface area contributed by atoms with E-state index in [-0.39, 0.29) is 30.4 Å². The molecule has 0 aliphatic carbocycles. The lowest BCUT2D eigenvalue weighted by Crippen LogP contribution is -2.18. The molecule has 1 N–H and O–H groups in total. The summed E-state index contributed by atoms with van der Waals surface area (Å²) in [5.41, 5.74) is 0.924. The molecule has 3 aromatic rings. The largest absolute Gasteiger partial charge is 0.573 e. The molecule has 170 valence electrons. The van der Waals surface area contributed by atoms with E-state index in [2.05, 4.69) is 36.0 Å². The molecule has 2 heterocycles. The number of benzene rings is 1. The van der Waals surface area contributed by atoms with E-state index >= 15 is 0 Å². The lowest BCUT2D eigenvalue weighted by molar-refractivity contribution is -0.274. The average Bonchev–Trinajstić information content (AvgIpc) is 3.14. The molecule has 0 amide bonds. The highest BCUT2D eigenvalue weighted by molar-refractivity contribution is 9.10. The number of aromatic nitrogens is 3. The molecule has 1 aromatic carbocycles. The highest BCUT2D eigenvalue weighted by Gasteiger charge is 2.32. The third-order valence-corrected chi connectivity index (χ3v) is 4.56. The zero-order valence-corrected chi connectivity index (χ0v) is 18.2. The maximum Gasteiger partial charge on any atom is 0.573 e. The molecule has 0 saturated heterocycles. The molecule has 0 saturated carbocycles. The van der Waals surface area contributed by atoms with Crippen LogP contribution in [0.3, 0.4) is 0 Å². The minimum Gasteiger partial charge on any atom is -0.462 e. The Labute approximate surface area is 188 Å². The van der Waals surface area contributed by atoms with Crippen molar-refractivity contribution in [3.8, 4) is 17.1 Å². The molecule has 32 heavy (non-hydrogen) atoms. The van der Waals surface area contributed by atoms with Crippen molar-refractivity contribution in [2.24, 2.45) is 0 Å². The monoisotopic (exact) mass is 516 g/mol. The molecule has 0 atom stereocenters. The smallest absolute Gasteiger partial charge is 0.462 e. The van der Waals surface area contributed by atoms with Crippen LogP contribution in [0.1, 0.15) is 17.3 Å². The predicted molar refractivity (Wildman–Crippen MR) is 111 cm³/mol. The molecule has 12 heteroatoms. The first kappa shape index (κ1) is 23.5. The SMILES string of the molecule is CCOC(=O)c1cc(-c2ccnc(Nc3cc(Br)ccc3OC(F)(F)F)n2)n(CCF)c1. The van der Waals surface area contributed by atoms with E-state index in [0.717, 1.165) is 6.07 Å². The van der Waals surface area contributed by atoms with Gasteiger partial charge in [0, 0.05) is 16.9 Å². The van der Waals surface area contributed by atoms with Gasteiger partial charge in [-0.25, -0.2) is 19.2 Å². The summed E-state index contributed by atoms with van der Waals surface area (Å²) in [4.78, 5) is 20.4. The lowest BCUT2D eigenvalue weighted by Gasteiger charge is -2.14. The van der Waals surface area contributed by atoms with Crippen LogP contribution in [0.15, 0.2) is 47.2 Å². The number of nitrogens with zero attached hydrogens (tertiary/aromatic N) is 3. The molecule has 0 spiro atoms. The summed E-state index contributed by atoms with van der Waals surface area (Å²) >= 11 is 3.20. The van der Waals surface area contributed by atoms with Gasteiger partial charge >= 0.3 is 12.3 Å². The first-order valence-corrected chi connectivity index (χ1v) is 10.1. The first-order valence-electron chi connectivity index (χ1n) is 9.29. The third-order valence-electron chi connectivity index (χ3n) is 4.06. The average molecular weight is 517 g/mol. The number of hydrogen-bond acceptors (Lipinski definition) is 6. The van der Waals surface area contributed by atoms with E-state index in [0.29, 0.717) is 15.9 Å². The van der Waals surface area contributed by atoms with Crippen molar-refractivity contribution in [2.75, 3.05) is 18.6 Å². The van der Waals surface area contributed by atoms with Gasteiger partial charge in [0.05, 0.1) is 35.8 Å². The summed E-state index contributed by atoms with van der Waals surface area (Å²) in [6.45, 7) is 1.13. The van der Waals surface area contributed by atoms with Crippen molar-refractivity contribution in [3.63, 3.8) is 0 Å². The number of carbonyl (C=O) groups is 1. The molecule has 7 nitrogen and oxygen atoms in total. The van der Waals surface area contributed by atoms with Crippen molar-refractivity contribution >= 4 is 33.5 Å². The van der Waals surface area contributed by atoms with Gasteiger partial charge in [-0.15, -0.1) is 13.2 Å². The summed E-state index contributed by atoms with van der Waals surface area (Å²) in [5, 5.41) is 2.70. The Bertz CT molecular complexity index is 1100. The molecule has 0 unspecified atom stereocenters. The normalized spacial score (nSPS) is 11.3. The number of aryl methyl sites for hydroxylation is 1. The molecule has 2 aromatic heterocycles. The summed E-state index contributed by atoms with van der Waals surface area (Å²) in [6, 6.07) is 6.93. The van der Waals surface area contributed by atoms with Gasteiger partial charge in [0.1, 0.15) is 6.67 Å².